The van der Waals surface area contributed by atoms with Crippen molar-refractivity contribution in [3.63, 3.8) is 0 Å². The maximum atomic E-state index is 10.5. The van der Waals surface area contributed by atoms with Crippen molar-refractivity contribution in [3.05, 3.63) is 29.8 Å². The lowest BCUT2D eigenvalue weighted by Gasteiger charge is -2.19. The molecule has 2 saturated carbocycles. The molecule has 1 aromatic carbocycles. The van der Waals surface area contributed by atoms with E-state index in [0.717, 1.165) is 17.7 Å². The topological polar surface area (TPSA) is 29.5 Å². The maximum Gasteiger partial charge on any atom is 0.120 e. The first-order valence-corrected chi connectivity index (χ1v) is 8.26. The molecule has 2 aliphatic carbocycles. The van der Waals surface area contributed by atoms with Crippen molar-refractivity contribution >= 4 is 0 Å². The summed E-state index contributed by atoms with van der Waals surface area (Å²) in [5, 5.41) is 10.5. The summed E-state index contributed by atoms with van der Waals surface area (Å²) >= 11 is 0. The zero-order valence-electron chi connectivity index (χ0n) is 12.3. The molecule has 0 aromatic heterocycles. The van der Waals surface area contributed by atoms with Gasteiger partial charge in [-0.25, -0.2) is 0 Å². The Hall–Kier alpha value is -1.02. The summed E-state index contributed by atoms with van der Waals surface area (Å²) in [6.45, 7) is 0. The van der Waals surface area contributed by atoms with Crippen LogP contribution in [0.3, 0.4) is 0 Å². The minimum Gasteiger partial charge on any atom is -0.490 e. The van der Waals surface area contributed by atoms with Gasteiger partial charge in [-0.2, -0.15) is 0 Å². The summed E-state index contributed by atoms with van der Waals surface area (Å²) < 4.78 is 5.81. The lowest BCUT2D eigenvalue weighted by atomic mass is 9.91. The van der Waals surface area contributed by atoms with Crippen LogP contribution in [0.4, 0.5) is 0 Å². The highest BCUT2D eigenvalue weighted by Gasteiger charge is 2.24. The van der Waals surface area contributed by atoms with Gasteiger partial charge in [0, 0.05) is 0 Å². The second-order valence-electron chi connectivity index (χ2n) is 6.50. The van der Waals surface area contributed by atoms with Crippen LogP contribution in [0.2, 0.25) is 0 Å². The van der Waals surface area contributed by atoms with Crippen LogP contribution in [-0.2, 0) is 0 Å². The second-order valence-corrected chi connectivity index (χ2v) is 6.50. The van der Waals surface area contributed by atoms with Crippen molar-refractivity contribution in [1.29, 1.82) is 0 Å². The Morgan fingerprint density at radius 1 is 1.05 bits per heavy atom. The molecule has 0 bridgehead atoms. The number of benzene rings is 1. The lowest BCUT2D eigenvalue weighted by molar-refractivity contribution is 0.138. The van der Waals surface area contributed by atoms with E-state index in [1.807, 2.05) is 24.3 Å². The van der Waals surface area contributed by atoms with Gasteiger partial charge in [-0.3, -0.25) is 0 Å². The van der Waals surface area contributed by atoms with Crippen LogP contribution >= 0.6 is 0 Å². The first-order chi connectivity index (χ1) is 9.81. The van der Waals surface area contributed by atoms with Crippen LogP contribution in [-0.4, -0.2) is 11.2 Å². The molecule has 2 fully saturated rings. The van der Waals surface area contributed by atoms with Gasteiger partial charge in [-0.05, 0) is 42.9 Å². The van der Waals surface area contributed by atoms with E-state index in [1.54, 1.807) is 0 Å². The molecule has 0 amide bonds. The SMILES string of the molecule is OC(CC1CCCCCC1)c1cccc(OC2CC2)c1. The zero-order valence-corrected chi connectivity index (χ0v) is 12.3. The van der Waals surface area contributed by atoms with E-state index in [-0.39, 0.29) is 6.10 Å². The standard InChI is InChI=1S/C18H26O2/c19-18(12-14-6-3-1-2-4-7-14)15-8-5-9-17(13-15)20-16-10-11-16/h5,8-9,13-14,16,18-19H,1-4,6-7,10-12H2. The number of aliphatic hydroxyl groups excluding tert-OH is 1. The van der Waals surface area contributed by atoms with Gasteiger partial charge in [0.15, 0.2) is 0 Å². The van der Waals surface area contributed by atoms with E-state index in [4.69, 9.17) is 4.74 Å². The van der Waals surface area contributed by atoms with E-state index in [0.29, 0.717) is 12.0 Å². The summed E-state index contributed by atoms with van der Waals surface area (Å²) in [6, 6.07) is 8.06. The minimum absolute atomic E-state index is 0.333. The Kier molecular flexibility index (Phi) is 4.62. The molecule has 1 aromatic rings. The molecule has 0 heterocycles. The highest BCUT2D eigenvalue weighted by molar-refractivity contribution is 5.30. The van der Waals surface area contributed by atoms with Crippen LogP contribution in [0.1, 0.15) is 69.5 Å². The van der Waals surface area contributed by atoms with Crippen molar-refractivity contribution < 1.29 is 9.84 Å². The molecule has 1 unspecified atom stereocenters. The Bertz CT molecular complexity index is 417. The largest absolute Gasteiger partial charge is 0.490 e. The van der Waals surface area contributed by atoms with E-state index < -0.39 is 0 Å². The first kappa shape index (κ1) is 13.9. The Morgan fingerprint density at radius 3 is 2.50 bits per heavy atom. The molecule has 20 heavy (non-hydrogen) atoms. The third-order valence-corrected chi connectivity index (χ3v) is 4.60. The summed E-state index contributed by atoms with van der Waals surface area (Å²) in [5.74, 6) is 1.62. The van der Waals surface area contributed by atoms with Crippen LogP contribution in [0.15, 0.2) is 24.3 Å². The van der Waals surface area contributed by atoms with Gasteiger partial charge in [0.05, 0.1) is 12.2 Å². The molecule has 0 radical (unpaired) electrons. The fraction of sp³-hybridized carbons (Fsp3) is 0.667. The highest BCUT2D eigenvalue weighted by atomic mass is 16.5. The predicted octanol–water partition coefficient (Wildman–Crippen LogP) is 4.62. The van der Waals surface area contributed by atoms with Crippen LogP contribution in [0.25, 0.3) is 0 Å². The zero-order chi connectivity index (χ0) is 13.8. The summed E-state index contributed by atoms with van der Waals surface area (Å²) in [6.07, 6.45) is 11.3. The average Bonchev–Trinajstić information content (AvgIpc) is 3.27. The van der Waals surface area contributed by atoms with Gasteiger partial charge >= 0.3 is 0 Å². The number of ether oxygens (including phenoxy) is 1. The van der Waals surface area contributed by atoms with Gasteiger partial charge in [0.1, 0.15) is 5.75 Å². The molecule has 1 N–H and O–H groups in total. The normalized spacial score (nSPS) is 22.2. The number of hydrogen-bond donors (Lipinski definition) is 1. The van der Waals surface area contributed by atoms with Gasteiger partial charge in [-0.1, -0.05) is 50.7 Å². The number of rotatable bonds is 5. The summed E-state index contributed by atoms with van der Waals surface area (Å²) in [5.41, 5.74) is 1.02. The minimum atomic E-state index is -0.333. The Balaban J connectivity index is 1.58. The first-order valence-electron chi connectivity index (χ1n) is 8.26. The third kappa shape index (κ3) is 3.99. The summed E-state index contributed by atoms with van der Waals surface area (Å²) in [4.78, 5) is 0. The molecule has 2 heteroatoms. The smallest absolute Gasteiger partial charge is 0.120 e. The fourth-order valence-electron chi connectivity index (χ4n) is 3.22. The van der Waals surface area contributed by atoms with Crippen molar-refractivity contribution in [3.8, 4) is 5.75 Å². The monoisotopic (exact) mass is 274 g/mol. The van der Waals surface area contributed by atoms with Crippen LogP contribution < -0.4 is 4.74 Å². The van der Waals surface area contributed by atoms with Crippen molar-refractivity contribution in [2.45, 2.75) is 70.0 Å². The molecule has 2 nitrogen and oxygen atoms in total. The van der Waals surface area contributed by atoms with Gasteiger partial charge in [-0.15, -0.1) is 0 Å². The second kappa shape index (κ2) is 6.62. The Morgan fingerprint density at radius 2 is 1.80 bits per heavy atom. The third-order valence-electron chi connectivity index (χ3n) is 4.60. The van der Waals surface area contributed by atoms with Crippen molar-refractivity contribution in [2.24, 2.45) is 5.92 Å². The highest BCUT2D eigenvalue weighted by Crippen LogP contribution is 2.33. The van der Waals surface area contributed by atoms with Crippen molar-refractivity contribution in [2.75, 3.05) is 0 Å². The molecule has 2 aliphatic rings. The average molecular weight is 274 g/mol. The molecular formula is C18H26O2. The lowest BCUT2D eigenvalue weighted by Crippen LogP contribution is -2.07. The van der Waals surface area contributed by atoms with Gasteiger partial charge in [0.25, 0.3) is 0 Å². The fourth-order valence-corrected chi connectivity index (χ4v) is 3.22. The molecule has 0 saturated heterocycles. The predicted molar refractivity (Wildman–Crippen MR) is 80.9 cm³/mol. The van der Waals surface area contributed by atoms with E-state index >= 15 is 0 Å². The summed E-state index contributed by atoms with van der Waals surface area (Å²) in [7, 11) is 0. The van der Waals surface area contributed by atoms with E-state index in [9.17, 15) is 5.11 Å². The molecule has 110 valence electrons. The van der Waals surface area contributed by atoms with Gasteiger partial charge in [0.2, 0.25) is 0 Å². The van der Waals surface area contributed by atoms with Gasteiger partial charge < -0.3 is 9.84 Å². The van der Waals surface area contributed by atoms with E-state index in [2.05, 4.69) is 0 Å². The maximum absolute atomic E-state index is 10.5. The number of hydrogen-bond acceptors (Lipinski definition) is 2. The molecule has 3 rings (SSSR count). The van der Waals surface area contributed by atoms with E-state index in [1.165, 1.54) is 51.4 Å². The van der Waals surface area contributed by atoms with Crippen LogP contribution in [0, 0.1) is 5.92 Å². The quantitative estimate of drug-likeness (QED) is 0.794. The molecule has 0 spiro atoms. The van der Waals surface area contributed by atoms with Crippen LogP contribution in [0.5, 0.6) is 5.75 Å². The molecule has 1 atom stereocenters. The molecule has 0 aliphatic heterocycles. The van der Waals surface area contributed by atoms with Crippen molar-refractivity contribution in [1.82, 2.24) is 0 Å². The molecular weight excluding hydrogens is 248 g/mol. The number of aliphatic hydroxyl groups is 1. The Labute approximate surface area is 122 Å².